The number of hydrogen-bond acceptors (Lipinski definition) is 5. The van der Waals surface area contributed by atoms with E-state index < -0.39 is 21.8 Å². The predicted molar refractivity (Wildman–Crippen MR) is 134 cm³/mol. The Morgan fingerprint density at radius 1 is 1.14 bits per heavy atom. The summed E-state index contributed by atoms with van der Waals surface area (Å²) in [5.41, 5.74) is 1.97. The normalized spacial score (nSPS) is 17.8. The summed E-state index contributed by atoms with van der Waals surface area (Å²) in [6.45, 7) is 1.32. The van der Waals surface area contributed by atoms with Gasteiger partial charge in [0.05, 0.1) is 16.5 Å². The first-order valence-electron chi connectivity index (χ1n) is 11.7. The number of nitrogens with zero attached hydrogens (tertiary/aromatic N) is 2. The Bertz CT molecular complexity index is 1440. The Balaban J connectivity index is 1.34. The minimum Gasteiger partial charge on any atom is -0.385 e. The van der Waals surface area contributed by atoms with Gasteiger partial charge in [-0.15, -0.1) is 0 Å². The fourth-order valence-electron chi connectivity index (χ4n) is 4.89. The molecule has 0 aliphatic carbocycles. The maximum atomic E-state index is 13.2. The lowest BCUT2D eigenvalue weighted by Gasteiger charge is -2.19. The topological polar surface area (TPSA) is 96.0 Å². The van der Waals surface area contributed by atoms with Crippen molar-refractivity contribution in [3.63, 3.8) is 0 Å². The van der Waals surface area contributed by atoms with E-state index in [1.54, 1.807) is 30.2 Å². The number of ether oxygens (including phenoxy) is 1. The van der Waals surface area contributed by atoms with Crippen LogP contribution >= 0.6 is 0 Å². The fourth-order valence-corrected chi connectivity index (χ4v) is 6.40. The van der Waals surface area contributed by atoms with Crippen LogP contribution in [0.5, 0.6) is 0 Å². The van der Waals surface area contributed by atoms with Crippen molar-refractivity contribution in [2.75, 3.05) is 43.6 Å². The quantitative estimate of drug-likeness (QED) is 0.466. The van der Waals surface area contributed by atoms with E-state index in [4.69, 9.17) is 4.74 Å². The smallest absolute Gasteiger partial charge is 0.258 e. The molecule has 1 saturated heterocycles. The molecule has 1 fully saturated rings. The third-order valence-corrected chi connectivity index (χ3v) is 8.63. The SMILES string of the molecule is COCCCN1C(=O)c2cccc3c(NC(=O)C4CCN(S(=O)(=O)c5ccc(F)cc5)C4)ccc1c23. The van der Waals surface area contributed by atoms with E-state index in [2.05, 4.69) is 5.32 Å². The molecular weight excluding hydrogens is 485 g/mol. The van der Waals surface area contributed by atoms with E-state index in [0.29, 0.717) is 37.2 Å². The summed E-state index contributed by atoms with van der Waals surface area (Å²) in [5, 5.41) is 4.51. The number of anilines is 2. The maximum Gasteiger partial charge on any atom is 0.258 e. The molecule has 0 saturated carbocycles. The summed E-state index contributed by atoms with van der Waals surface area (Å²) in [4.78, 5) is 27.9. The molecule has 1 unspecified atom stereocenters. The molecule has 2 aliphatic heterocycles. The van der Waals surface area contributed by atoms with Crippen molar-refractivity contribution < 1.29 is 27.1 Å². The first-order chi connectivity index (χ1) is 17.3. The van der Waals surface area contributed by atoms with Gasteiger partial charge in [0.1, 0.15) is 5.82 Å². The summed E-state index contributed by atoms with van der Waals surface area (Å²) in [6.07, 6.45) is 1.08. The van der Waals surface area contributed by atoms with Crippen molar-refractivity contribution in [2.45, 2.75) is 17.7 Å². The van der Waals surface area contributed by atoms with Crippen LogP contribution in [0.3, 0.4) is 0 Å². The molecule has 8 nitrogen and oxygen atoms in total. The molecule has 0 bridgehead atoms. The second-order valence-electron chi connectivity index (χ2n) is 8.96. The summed E-state index contributed by atoms with van der Waals surface area (Å²) < 4.78 is 45.4. The number of hydrogen-bond donors (Lipinski definition) is 1. The molecule has 10 heteroatoms. The van der Waals surface area contributed by atoms with Crippen molar-refractivity contribution in [3.8, 4) is 0 Å². The molecule has 5 rings (SSSR count). The van der Waals surface area contributed by atoms with Crippen molar-refractivity contribution in [1.82, 2.24) is 4.31 Å². The van der Waals surface area contributed by atoms with Crippen LogP contribution < -0.4 is 10.2 Å². The highest BCUT2D eigenvalue weighted by Crippen LogP contribution is 2.41. The van der Waals surface area contributed by atoms with Crippen LogP contribution in [0.1, 0.15) is 23.2 Å². The number of carbonyl (C=O) groups excluding carboxylic acids is 2. The van der Waals surface area contributed by atoms with Crippen LogP contribution in [-0.2, 0) is 19.6 Å². The average molecular weight is 512 g/mol. The molecule has 36 heavy (non-hydrogen) atoms. The monoisotopic (exact) mass is 511 g/mol. The van der Waals surface area contributed by atoms with E-state index in [1.165, 1.54) is 16.4 Å². The summed E-state index contributed by atoms with van der Waals surface area (Å²) >= 11 is 0. The van der Waals surface area contributed by atoms with E-state index in [0.717, 1.165) is 28.6 Å². The molecule has 0 spiro atoms. The number of benzene rings is 3. The van der Waals surface area contributed by atoms with E-state index >= 15 is 0 Å². The van der Waals surface area contributed by atoms with Crippen molar-refractivity contribution in [2.24, 2.45) is 5.92 Å². The Morgan fingerprint density at radius 2 is 1.92 bits per heavy atom. The summed E-state index contributed by atoms with van der Waals surface area (Å²) in [6, 6.07) is 13.7. The van der Waals surface area contributed by atoms with Crippen molar-refractivity contribution >= 4 is 44.0 Å². The molecule has 0 aromatic heterocycles. The Kier molecular flexibility index (Phi) is 6.50. The number of methoxy groups -OCH3 is 1. The summed E-state index contributed by atoms with van der Waals surface area (Å²) in [5.74, 6) is -1.41. The second kappa shape index (κ2) is 9.61. The molecule has 3 aromatic rings. The van der Waals surface area contributed by atoms with Gasteiger partial charge in [-0.3, -0.25) is 9.59 Å². The Labute approximate surface area is 208 Å². The first-order valence-corrected chi connectivity index (χ1v) is 13.2. The number of carbonyl (C=O) groups is 2. The van der Waals surface area contributed by atoms with Gasteiger partial charge >= 0.3 is 0 Å². The van der Waals surface area contributed by atoms with Crippen LogP contribution in [0.25, 0.3) is 10.8 Å². The van der Waals surface area contributed by atoms with Gasteiger partial charge in [-0.2, -0.15) is 4.31 Å². The predicted octanol–water partition coefficient (Wildman–Crippen LogP) is 3.62. The molecule has 2 aliphatic rings. The number of sulfonamides is 1. The standard InChI is InChI=1S/C26H26FN3O5S/c1-35-15-3-13-30-23-11-10-22(20-4-2-5-21(24(20)23)26(30)32)28-25(31)17-12-14-29(16-17)36(33,34)19-8-6-18(27)7-9-19/h2,4-11,17H,3,12-16H2,1H3,(H,28,31). The van der Waals surface area contributed by atoms with Crippen LogP contribution in [0.4, 0.5) is 15.8 Å². The lowest BCUT2D eigenvalue weighted by molar-refractivity contribution is -0.119. The molecule has 2 heterocycles. The lowest BCUT2D eigenvalue weighted by atomic mass is 10.0. The minimum absolute atomic E-state index is 0.00261. The highest BCUT2D eigenvalue weighted by molar-refractivity contribution is 7.89. The van der Waals surface area contributed by atoms with Gasteiger partial charge in [0.2, 0.25) is 15.9 Å². The third-order valence-electron chi connectivity index (χ3n) is 6.75. The summed E-state index contributed by atoms with van der Waals surface area (Å²) in [7, 11) is -2.20. The maximum absolute atomic E-state index is 13.2. The number of rotatable bonds is 8. The Morgan fingerprint density at radius 3 is 2.67 bits per heavy atom. The molecular formula is C26H26FN3O5S. The van der Waals surface area contributed by atoms with Gasteiger partial charge in [-0.05, 0) is 55.3 Å². The van der Waals surface area contributed by atoms with Gasteiger partial charge in [-0.25, -0.2) is 12.8 Å². The number of halogens is 1. The van der Waals surface area contributed by atoms with Crippen LogP contribution in [0.2, 0.25) is 0 Å². The minimum atomic E-state index is -3.82. The van der Waals surface area contributed by atoms with Gasteiger partial charge in [0.15, 0.2) is 0 Å². The largest absolute Gasteiger partial charge is 0.385 e. The Hall–Kier alpha value is -3.34. The van der Waals surface area contributed by atoms with Crippen LogP contribution in [-0.4, -0.2) is 57.9 Å². The third kappa shape index (κ3) is 4.25. The molecule has 188 valence electrons. The van der Waals surface area contributed by atoms with Crippen molar-refractivity contribution in [1.29, 1.82) is 0 Å². The van der Waals surface area contributed by atoms with Crippen molar-refractivity contribution in [3.05, 3.63) is 66.0 Å². The van der Waals surface area contributed by atoms with Crippen LogP contribution in [0, 0.1) is 11.7 Å². The van der Waals surface area contributed by atoms with Gasteiger partial charge < -0.3 is 15.0 Å². The zero-order valence-electron chi connectivity index (χ0n) is 19.7. The highest BCUT2D eigenvalue weighted by atomic mass is 32.2. The van der Waals surface area contributed by atoms with Gasteiger partial charge in [0, 0.05) is 55.4 Å². The first kappa shape index (κ1) is 24.4. The number of amides is 2. The molecule has 1 N–H and O–H groups in total. The van der Waals surface area contributed by atoms with E-state index in [-0.39, 0.29) is 29.8 Å². The zero-order chi connectivity index (χ0) is 25.4. The molecule has 3 aromatic carbocycles. The van der Waals surface area contributed by atoms with Gasteiger partial charge in [0.25, 0.3) is 5.91 Å². The van der Waals surface area contributed by atoms with E-state index in [1.807, 2.05) is 12.1 Å². The highest BCUT2D eigenvalue weighted by Gasteiger charge is 2.36. The molecule has 2 amide bonds. The van der Waals surface area contributed by atoms with Crippen LogP contribution in [0.15, 0.2) is 59.5 Å². The zero-order valence-corrected chi connectivity index (χ0v) is 20.6. The average Bonchev–Trinajstić information content (AvgIpc) is 3.47. The molecule has 0 radical (unpaired) electrons. The van der Waals surface area contributed by atoms with E-state index in [9.17, 15) is 22.4 Å². The lowest BCUT2D eigenvalue weighted by Crippen LogP contribution is -2.31. The fraction of sp³-hybridized carbons (Fsp3) is 0.308. The molecule has 1 atom stereocenters. The number of nitrogens with one attached hydrogen (secondary N) is 1. The van der Waals surface area contributed by atoms with Gasteiger partial charge in [-0.1, -0.05) is 12.1 Å². The second-order valence-corrected chi connectivity index (χ2v) is 10.9.